The van der Waals surface area contributed by atoms with E-state index in [2.05, 4.69) is 16.4 Å². The van der Waals surface area contributed by atoms with Crippen molar-refractivity contribution in [2.75, 3.05) is 6.61 Å². The quantitative estimate of drug-likeness (QED) is 0.503. The molecule has 3 nitrogen and oxygen atoms in total. The third-order valence-corrected chi connectivity index (χ3v) is 2.93. The number of hydrazone groups is 1. The first kappa shape index (κ1) is 15.0. The fraction of sp³-hybridized carbons (Fsp3) is 0.118. The summed E-state index contributed by atoms with van der Waals surface area (Å²) in [6.45, 7) is 0.899. The summed E-state index contributed by atoms with van der Waals surface area (Å²) in [6, 6.07) is 15.2. The van der Waals surface area contributed by atoms with Gasteiger partial charge in [-0.15, -0.1) is 6.42 Å². The predicted octanol–water partition coefficient (Wildman–Crippen LogP) is 3.48. The summed E-state index contributed by atoms with van der Waals surface area (Å²) in [4.78, 5) is 0. The van der Waals surface area contributed by atoms with Gasteiger partial charge in [-0.25, -0.2) is 0 Å². The number of benzene rings is 2. The van der Waals surface area contributed by atoms with Crippen molar-refractivity contribution < 1.29 is 4.74 Å². The second-order valence-electron chi connectivity index (χ2n) is 4.28. The fourth-order valence-corrected chi connectivity index (χ4v) is 1.79. The van der Waals surface area contributed by atoms with Crippen LogP contribution in [0, 0.1) is 12.3 Å². The van der Waals surface area contributed by atoms with Crippen LogP contribution in [0.25, 0.3) is 0 Å². The fourth-order valence-electron chi connectivity index (χ4n) is 1.67. The van der Waals surface area contributed by atoms with Crippen molar-refractivity contribution in [1.82, 2.24) is 5.43 Å². The van der Waals surface area contributed by atoms with E-state index in [4.69, 9.17) is 22.8 Å². The van der Waals surface area contributed by atoms with Crippen LogP contribution in [0.4, 0.5) is 0 Å². The molecule has 21 heavy (non-hydrogen) atoms. The van der Waals surface area contributed by atoms with Gasteiger partial charge in [-0.2, -0.15) is 5.10 Å². The molecule has 2 aromatic rings. The normalized spacial score (nSPS) is 10.3. The standard InChI is InChI=1S/C17H15ClN2O/c1-2-10-21-17-5-3-4-15(11-17)13-20-19-12-14-6-8-16(18)9-7-14/h1,3-9,11,13,19H,10,12H2/b20-13-. The molecule has 0 radical (unpaired) electrons. The van der Waals surface area contributed by atoms with Crippen molar-refractivity contribution in [3.05, 3.63) is 64.7 Å². The second kappa shape index (κ2) is 7.98. The van der Waals surface area contributed by atoms with Crippen LogP contribution < -0.4 is 10.2 Å². The first-order valence-corrected chi connectivity index (χ1v) is 6.82. The monoisotopic (exact) mass is 298 g/mol. The van der Waals surface area contributed by atoms with Gasteiger partial charge in [0.1, 0.15) is 12.4 Å². The van der Waals surface area contributed by atoms with Crippen molar-refractivity contribution in [2.24, 2.45) is 5.10 Å². The van der Waals surface area contributed by atoms with E-state index in [0.717, 1.165) is 21.9 Å². The summed E-state index contributed by atoms with van der Waals surface area (Å²) in [5, 5.41) is 4.90. The molecule has 2 aromatic carbocycles. The molecule has 0 amide bonds. The van der Waals surface area contributed by atoms with E-state index in [1.807, 2.05) is 48.5 Å². The predicted molar refractivity (Wildman–Crippen MR) is 86.7 cm³/mol. The molecule has 0 aliphatic rings. The van der Waals surface area contributed by atoms with Crippen molar-refractivity contribution >= 4 is 17.8 Å². The molecule has 106 valence electrons. The Labute approximate surface area is 129 Å². The summed E-state index contributed by atoms with van der Waals surface area (Å²) in [5.41, 5.74) is 5.04. The van der Waals surface area contributed by atoms with Gasteiger partial charge in [-0.05, 0) is 35.4 Å². The zero-order valence-corrected chi connectivity index (χ0v) is 12.2. The molecule has 4 heteroatoms. The van der Waals surface area contributed by atoms with Gasteiger partial charge in [-0.3, -0.25) is 0 Å². The Hall–Kier alpha value is -2.44. The summed E-state index contributed by atoms with van der Waals surface area (Å²) in [6.07, 6.45) is 6.89. The average molecular weight is 299 g/mol. The van der Waals surface area contributed by atoms with Crippen molar-refractivity contribution in [1.29, 1.82) is 0 Å². The van der Waals surface area contributed by atoms with Gasteiger partial charge in [0, 0.05) is 5.02 Å². The first-order valence-electron chi connectivity index (χ1n) is 6.44. The number of ether oxygens (including phenoxy) is 1. The molecule has 0 saturated carbocycles. The van der Waals surface area contributed by atoms with E-state index in [1.165, 1.54) is 0 Å². The molecule has 0 saturated heterocycles. The number of terminal acetylenes is 1. The van der Waals surface area contributed by atoms with Gasteiger partial charge in [0.2, 0.25) is 0 Å². The van der Waals surface area contributed by atoms with E-state index in [0.29, 0.717) is 6.54 Å². The minimum Gasteiger partial charge on any atom is -0.481 e. The summed E-state index contributed by atoms with van der Waals surface area (Å²) >= 11 is 5.83. The lowest BCUT2D eigenvalue weighted by Gasteiger charge is -2.03. The zero-order valence-electron chi connectivity index (χ0n) is 11.4. The second-order valence-corrected chi connectivity index (χ2v) is 4.72. The Balaban J connectivity index is 1.86. The van der Waals surface area contributed by atoms with Crippen molar-refractivity contribution in [2.45, 2.75) is 6.54 Å². The molecule has 0 aliphatic heterocycles. The molecule has 0 fully saturated rings. The minimum atomic E-state index is 0.259. The van der Waals surface area contributed by atoms with E-state index < -0.39 is 0 Å². The highest BCUT2D eigenvalue weighted by molar-refractivity contribution is 6.30. The van der Waals surface area contributed by atoms with Crippen LogP contribution >= 0.6 is 11.6 Å². The summed E-state index contributed by atoms with van der Waals surface area (Å²) in [7, 11) is 0. The van der Waals surface area contributed by atoms with Gasteiger partial charge < -0.3 is 10.2 Å². The van der Waals surface area contributed by atoms with Crippen LogP contribution in [0.1, 0.15) is 11.1 Å². The van der Waals surface area contributed by atoms with Crippen LogP contribution in [0.2, 0.25) is 5.02 Å². The topological polar surface area (TPSA) is 33.6 Å². The maximum atomic E-state index is 5.83. The Morgan fingerprint density at radius 3 is 2.81 bits per heavy atom. The third-order valence-electron chi connectivity index (χ3n) is 2.68. The Bertz CT molecular complexity index is 645. The van der Waals surface area contributed by atoms with Crippen LogP contribution in [0.5, 0.6) is 5.75 Å². The number of rotatable bonds is 6. The Kier molecular flexibility index (Phi) is 5.69. The lowest BCUT2D eigenvalue weighted by Crippen LogP contribution is -2.05. The molecule has 0 aromatic heterocycles. The van der Waals surface area contributed by atoms with Crippen molar-refractivity contribution in [3.8, 4) is 18.1 Å². The first-order chi connectivity index (χ1) is 10.3. The van der Waals surface area contributed by atoms with Crippen LogP contribution in [-0.2, 0) is 6.54 Å². The molecule has 0 aliphatic carbocycles. The van der Waals surface area contributed by atoms with Crippen LogP contribution in [0.3, 0.4) is 0 Å². The Morgan fingerprint density at radius 2 is 2.05 bits per heavy atom. The third kappa shape index (κ3) is 5.21. The molecule has 0 spiro atoms. The van der Waals surface area contributed by atoms with Crippen LogP contribution in [-0.4, -0.2) is 12.8 Å². The van der Waals surface area contributed by atoms with Gasteiger partial charge in [0.15, 0.2) is 0 Å². The molecule has 2 rings (SSSR count). The largest absolute Gasteiger partial charge is 0.481 e. The van der Waals surface area contributed by atoms with Gasteiger partial charge >= 0.3 is 0 Å². The summed E-state index contributed by atoms with van der Waals surface area (Å²) < 4.78 is 5.35. The highest BCUT2D eigenvalue weighted by Gasteiger charge is 1.94. The molecule has 0 unspecified atom stereocenters. The van der Waals surface area contributed by atoms with E-state index in [1.54, 1.807) is 6.21 Å². The molecular weight excluding hydrogens is 284 g/mol. The Morgan fingerprint density at radius 1 is 1.24 bits per heavy atom. The molecule has 0 bridgehead atoms. The maximum absolute atomic E-state index is 5.83. The molecule has 1 N–H and O–H groups in total. The lowest BCUT2D eigenvalue weighted by molar-refractivity contribution is 0.370. The highest BCUT2D eigenvalue weighted by Crippen LogP contribution is 2.12. The van der Waals surface area contributed by atoms with Crippen molar-refractivity contribution in [3.63, 3.8) is 0 Å². The van der Waals surface area contributed by atoms with Gasteiger partial charge in [0.25, 0.3) is 0 Å². The number of hydrogen-bond acceptors (Lipinski definition) is 3. The zero-order chi connectivity index (χ0) is 14.9. The van der Waals surface area contributed by atoms with Gasteiger partial charge in [0.05, 0.1) is 12.8 Å². The summed E-state index contributed by atoms with van der Waals surface area (Å²) in [5.74, 6) is 3.16. The highest BCUT2D eigenvalue weighted by atomic mass is 35.5. The molecule has 0 atom stereocenters. The van der Waals surface area contributed by atoms with Gasteiger partial charge in [-0.1, -0.05) is 41.8 Å². The lowest BCUT2D eigenvalue weighted by atomic mass is 10.2. The minimum absolute atomic E-state index is 0.259. The van der Waals surface area contributed by atoms with E-state index in [9.17, 15) is 0 Å². The maximum Gasteiger partial charge on any atom is 0.148 e. The average Bonchev–Trinajstić information content (AvgIpc) is 2.52. The molecular formula is C17H15ClN2O. The number of nitrogens with zero attached hydrogens (tertiary/aromatic N) is 1. The van der Waals surface area contributed by atoms with E-state index >= 15 is 0 Å². The van der Waals surface area contributed by atoms with Crippen LogP contribution in [0.15, 0.2) is 53.6 Å². The molecule has 0 heterocycles. The smallest absolute Gasteiger partial charge is 0.148 e. The van der Waals surface area contributed by atoms with E-state index in [-0.39, 0.29) is 6.61 Å². The SMILES string of the molecule is C#CCOc1cccc(/C=N\NCc2ccc(Cl)cc2)c1. The number of halogens is 1. The number of nitrogens with one attached hydrogen (secondary N) is 1. The number of hydrogen-bond donors (Lipinski definition) is 1.